The second-order valence-electron chi connectivity index (χ2n) is 6.02. The predicted molar refractivity (Wildman–Crippen MR) is 104 cm³/mol. The summed E-state index contributed by atoms with van der Waals surface area (Å²) in [7, 11) is 0. The van der Waals surface area contributed by atoms with Crippen LogP contribution in [0, 0.1) is 18.8 Å². The second kappa shape index (κ2) is 10.8. The van der Waals surface area contributed by atoms with Gasteiger partial charge in [-0.15, -0.1) is 11.6 Å². The van der Waals surface area contributed by atoms with Gasteiger partial charge in [-0.05, 0) is 55.0 Å². The van der Waals surface area contributed by atoms with Crippen molar-refractivity contribution in [3.8, 4) is 23.3 Å². The molecule has 0 fully saturated rings. The van der Waals surface area contributed by atoms with Gasteiger partial charge in [0, 0.05) is 11.1 Å². The third kappa shape index (κ3) is 7.12. The lowest BCUT2D eigenvalue weighted by Gasteiger charge is -2.11. The molecule has 0 unspecified atom stereocenters. The lowest BCUT2D eigenvalue weighted by molar-refractivity contribution is 0.0536. The summed E-state index contributed by atoms with van der Waals surface area (Å²) >= 11 is 5.55. The molecule has 5 nitrogen and oxygen atoms in total. The molecule has 0 bridgehead atoms. The van der Waals surface area contributed by atoms with Gasteiger partial charge in [0.2, 0.25) is 0 Å². The highest BCUT2D eigenvalue weighted by molar-refractivity contribution is 6.18. The topological polar surface area (TPSA) is 79.2 Å². The van der Waals surface area contributed by atoms with Crippen LogP contribution < -0.4 is 9.47 Å². The number of alkyl halides is 1. The van der Waals surface area contributed by atoms with Gasteiger partial charge < -0.3 is 24.8 Å². The van der Waals surface area contributed by atoms with Crippen LogP contribution in [-0.4, -0.2) is 53.2 Å². The maximum atomic E-state index is 9.46. The molecule has 0 saturated heterocycles. The van der Waals surface area contributed by atoms with Crippen LogP contribution in [0.3, 0.4) is 0 Å². The minimum atomic E-state index is -0.891. The molecular weight excluding hydrogens is 368 g/mol. The van der Waals surface area contributed by atoms with Crippen molar-refractivity contribution in [2.45, 2.75) is 19.1 Å². The molecule has 0 aliphatic rings. The number of benzene rings is 2. The maximum Gasteiger partial charge on any atom is 0.122 e. The Kier molecular flexibility index (Phi) is 8.43. The highest BCUT2D eigenvalue weighted by atomic mass is 35.5. The Morgan fingerprint density at radius 3 is 2.19 bits per heavy atom. The van der Waals surface area contributed by atoms with Gasteiger partial charge in [-0.1, -0.05) is 11.8 Å². The fraction of sp³-hybridized carbons (Fsp3) is 0.333. The van der Waals surface area contributed by atoms with E-state index in [-0.39, 0.29) is 25.7 Å². The molecule has 0 saturated carbocycles. The first-order valence-corrected chi connectivity index (χ1v) is 9.06. The van der Waals surface area contributed by atoms with Crippen LogP contribution >= 0.6 is 11.6 Å². The molecule has 6 heteroatoms. The average Bonchev–Trinajstić information content (AvgIpc) is 2.70. The Labute approximate surface area is 164 Å². The quantitative estimate of drug-likeness (QED) is 0.475. The van der Waals surface area contributed by atoms with Crippen LogP contribution in [0.15, 0.2) is 42.5 Å². The van der Waals surface area contributed by atoms with Gasteiger partial charge in [-0.25, -0.2) is 0 Å². The summed E-state index contributed by atoms with van der Waals surface area (Å²) in [5.74, 6) is 7.60. The first kappa shape index (κ1) is 21.1. The standard InChI is InChI=1S/C21H23ClO5/c1-15-10-17(6-9-21(15)27-13-18(24)11-22)3-2-16-4-7-20(8-5-16)26-14-19(25)12-23/h4-10,18-19,23-25H,11-14H2,1H3/t18-,19-/m1/s1. The van der Waals surface area contributed by atoms with Gasteiger partial charge in [0.1, 0.15) is 36.9 Å². The molecule has 144 valence electrons. The summed E-state index contributed by atoms with van der Waals surface area (Å²) < 4.78 is 10.9. The lowest BCUT2D eigenvalue weighted by Crippen LogP contribution is -2.21. The Morgan fingerprint density at radius 1 is 0.926 bits per heavy atom. The SMILES string of the molecule is Cc1cc(C#Cc2ccc(OC[C@H](O)CO)cc2)ccc1OC[C@H](O)CCl. The number of ether oxygens (including phenoxy) is 2. The van der Waals surface area contributed by atoms with E-state index in [1.807, 2.05) is 37.3 Å². The van der Waals surface area contributed by atoms with Crippen molar-refractivity contribution >= 4 is 11.6 Å². The highest BCUT2D eigenvalue weighted by Gasteiger charge is 2.05. The monoisotopic (exact) mass is 390 g/mol. The van der Waals surface area contributed by atoms with Crippen LogP contribution in [0.5, 0.6) is 11.5 Å². The second-order valence-corrected chi connectivity index (χ2v) is 6.33. The minimum absolute atomic E-state index is 0.0388. The van der Waals surface area contributed by atoms with E-state index in [9.17, 15) is 10.2 Å². The average molecular weight is 391 g/mol. The van der Waals surface area contributed by atoms with E-state index in [2.05, 4.69) is 11.8 Å². The smallest absolute Gasteiger partial charge is 0.122 e. The number of rotatable bonds is 8. The first-order chi connectivity index (χ1) is 13.0. The number of hydrogen-bond donors (Lipinski definition) is 3. The molecule has 2 atom stereocenters. The third-order valence-corrected chi connectivity index (χ3v) is 4.00. The molecule has 0 radical (unpaired) electrons. The Bertz CT molecular complexity index is 779. The Balaban J connectivity index is 1.97. The van der Waals surface area contributed by atoms with E-state index in [1.54, 1.807) is 12.1 Å². The Hall–Kier alpha value is -2.23. The largest absolute Gasteiger partial charge is 0.491 e. The van der Waals surface area contributed by atoms with Crippen molar-refractivity contribution in [3.05, 3.63) is 59.2 Å². The summed E-state index contributed by atoms with van der Waals surface area (Å²) in [4.78, 5) is 0. The molecule has 27 heavy (non-hydrogen) atoms. The van der Waals surface area contributed by atoms with Gasteiger partial charge in [0.25, 0.3) is 0 Å². The molecule has 2 aromatic carbocycles. The first-order valence-electron chi connectivity index (χ1n) is 8.53. The van der Waals surface area contributed by atoms with Crippen molar-refractivity contribution < 1.29 is 24.8 Å². The zero-order valence-corrected chi connectivity index (χ0v) is 15.8. The molecule has 2 aromatic rings. The minimum Gasteiger partial charge on any atom is -0.491 e. The zero-order chi connectivity index (χ0) is 19.6. The van der Waals surface area contributed by atoms with Crippen LogP contribution in [0.4, 0.5) is 0 Å². The Morgan fingerprint density at radius 2 is 1.56 bits per heavy atom. The van der Waals surface area contributed by atoms with E-state index < -0.39 is 12.2 Å². The number of aliphatic hydroxyl groups is 3. The summed E-state index contributed by atoms with van der Waals surface area (Å²) in [6.07, 6.45) is -1.58. The normalized spacial score (nSPS) is 12.6. The van der Waals surface area contributed by atoms with Crippen LogP contribution in [0.25, 0.3) is 0 Å². The summed E-state index contributed by atoms with van der Waals surface area (Å²) in [5, 5.41) is 27.5. The number of halogens is 1. The summed E-state index contributed by atoms with van der Waals surface area (Å²) in [6.45, 7) is 1.77. The van der Waals surface area contributed by atoms with Gasteiger partial charge in [0.15, 0.2) is 0 Å². The van der Waals surface area contributed by atoms with Crippen molar-refractivity contribution in [1.29, 1.82) is 0 Å². The fourth-order valence-electron chi connectivity index (χ4n) is 2.14. The number of aliphatic hydroxyl groups excluding tert-OH is 3. The lowest BCUT2D eigenvalue weighted by atomic mass is 10.1. The third-order valence-electron chi connectivity index (χ3n) is 3.64. The van der Waals surface area contributed by atoms with E-state index in [4.69, 9.17) is 26.2 Å². The van der Waals surface area contributed by atoms with Crippen LogP contribution in [0.2, 0.25) is 0 Å². The molecule has 0 aromatic heterocycles. The predicted octanol–water partition coefficient (Wildman–Crippen LogP) is 2.11. The van der Waals surface area contributed by atoms with Crippen molar-refractivity contribution in [3.63, 3.8) is 0 Å². The van der Waals surface area contributed by atoms with Crippen molar-refractivity contribution in [2.75, 3.05) is 25.7 Å². The maximum absolute atomic E-state index is 9.46. The van der Waals surface area contributed by atoms with E-state index in [0.717, 1.165) is 16.7 Å². The van der Waals surface area contributed by atoms with E-state index in [0.29, 0.717) is 11.5 Å². The van der Waals surface area contributed by atoms with Crippen LogP contribution in [0.1, 0.15) is 16.7 Å². The zero-order valence-electron chi connectivity index (χ0n) is 15.1. The van der Waals surface area contributed by atoms with Crippen molar-refractivity contribution in [2.24, 2.45) is 0 Å². The molecular formula is C21H23ClO5. The number of hydrogen-bond acceptors (Lipinski definition) is 5. The highest BCUT2D eigenvalue weighted by Crippen LogP contribution is 2.19. The van der Waals surface area contributed by atoms with Gasteiger partial charge in [0.05, 0.1) is 12.5 Å². The summed E-state index contributed by atoms with van der Waals surface area (Å²) in [6, 6.07) is 12.8. The van der Waals surface area contributed by atoms with E-state index >= 15 is 0 Å². The molecule has 0 aliphatic heterocycles. The molecule has 0 amide bonds. The van der Waals surface area contributed by atoms with Gasteiger partial charge >= 0.3 is 0 Å². The fourth-order valence-corrected chi connectivity index (χ4v) is 2.23. The molecule has 0 heterocycles. The molecule has 2 rings (SSSR count). The molecule has 0 aliphatic carbocycles. The van der Waals surface area contributed by atoms with Gasteiger partial charge in [-0.2, -0.15) is 0 Å². The van der Waals surface area contributed by atoms with Gasteiger partial charge in [-0.3, -0.25) is 0 Å². The van der Waals surface area contributed by atoms with Crippen molar-refractivity contribution in [1.82, 2.24) is 0 Å². The van der Waals surface area contributed by atoms with E-state index in [1.165, 1.54) is 0 Å². The molecule has 0 spiro atoms. The molecule has 3 N–H and O–H groups in total. The number of aryl methyl sites for hydroxylation is 1. The summed E-state index contributed by atoms with van der Waals surface area (Å²) in [5.41, 5.74) is 2.60. The van der Waals surface area contributed by atoms with Crippen LogP contribution in [-0.2, 0) is 0 Å².